The van der Waals surface area contributed by atoms with Crippen LogP contribution in [-0.2, 0) is 0 Å². The molecule has 7 nitrogen and oxygen atoms in total. The van der Waals surface area contributed by atoms with Crippen molar-refractivity contribution in [3.8, 4) is 0 Å². The Balaban J connectivity index is 2.13. The molecule has 0 aromatic carbocycles. The average molecular weight is 253 g/mol. The van der Waals surface area contributed by atoms with E-state index in [-0.39, 0.29) is 24.0 Å². The fourth-order valence-electron chi connectivity index (χ4n) is 2.17. The highest BCUT2D eigenvalue weighted by molar-refractivity contribution is 5.93. The highest BCUT2D eigenvalue weighted by Crippen LogP contribution is 2.20. The van der Waals surface area contributed by atoms with Gasteiger partial charge in [0.25, 0.3) is 11.5 Å². The van der Waals surface area contributed by atoms with Crippen molar-refractivity contribution in [2.45, 2.75) is 12.8 Å². The van der Waals surface area contributed by atoms with Crippen LogP contribution in [0.2, 0.25) is 0 Å². The number of H-pyrrole nitrogens is 2. The van der Waals surface area contributed by atoms with Gasteiger partial charge in [0.1, 0.15) is 5.56 Å². The van der Waals surface area contributed by atoms with E-state index in [1.807, 2.05) is 4.98 Å². The molecule has 98 valence electrons. The van der Waals surface area contributed by atoms with Crippen LogP contribution in [0.1, 0.15) is 23.2 Å². The molecule has 1 atom stereocenters. The lowest BCUT2D eigenvalue weighted by atomic mass is 10.1. The van der Waals surface area contributed by atoms with Crippen molar-refractivity contribution >= 4 is 5.91 Å². The van der Waals surface area contributed by atoms with Gasteiger partial charge in [-0.3, -0.25) is 14.6 Å². The van der Waals surface area contributed by atoms with Crippen LogP contribution < -0.4 is 11.2 Å². The molecule has 2 heterocycles. The monoisotopic (exact) mass is 253 g/mol. The highest BCUT2D eigenvalue weighted by atomic mass is 16.3. The molecule has 0 spiro atoms. The van der Waals surface area contributed by atoms with Crippen molar-refractivity contribution in [1.29, 1.82) is 0 Å². The van der Waals surface area contributed by atoms with E-state index in [2.05, 4.69) is 4.98 Å². The van der Waals surface area contributed by atoms with Crippen molar-refractivity contribution in [3.63, 3.8) is 0 Å². The molecule has 3 N–H and O–H groups in total. The summed E-state index contributed by atoms with van der Waals surface area (Å²) in [6.45, 7) is 1.21. The van der Waals surface area contributed by atoms with Crippen LogP contribution in [0.4, 0.5) is 0 Å². The van der Waals surface area contributed by atoms with Crippen LogP contribution >= 0.6 is 0 Å². The first kappa shape index (κ1) is 12.6. The van der Waals surface area contributed by atoms with Gasteiger partial charge in [-0.2, -0.15) is 0 Å². The number of aromatic amines is 2. The molecule has 1 aromatic heterocycles. The van der Waals surface area contributed by atoms with Gasteiger partial charge >= 0.3 is 5.69 Å². The normalized spacial score (nSPS) is 19.2. The number of aliphatic hydroxyl groups is 1. The molecule has 1 unspecified atom stereocenters. The Labute approximate surface area is 102 Å². The van der Waals surface area contributed by atoms with Crippen molar-refractivity contribution < 1.29 is 9.90 Å². The zero-order valence-corrected chi connectivity index (χ0v) is 9.81. The van der Waals surface area contributed by atoms with Crippen molar-refractivity contribution in [1.82, 2.24) is 14.9 Å². The van der Waals surface area contributed by atoms with Gasteiger partial charge in [-0.05, 0) is 18.8 Å². The van der Waals surface area contributed by atoms with E-state index < -0.39 is 11.2 Å². The molecule has 1 aliphatic rings. The predicted octanol–water partition coefficient (Wildman–Crippen LogP) is -1.09. The maximum atomic E-state index is 12.1. The van der Waals surface area contributed by atoms with Gasteiger partial charge in [0.05, 0.1) is 0 Å². The summed E-state index contributed by atoms with van der Waals surface area (Å²) in [5.41, 5.74) is -1.36. The van der Waals surface area contributed by atoms with Crippen LogP contribution in [0.25, 0.3) is 0 Å². The first-order chi connectivity index (χ1) is 8.61. The first-order valence-corrected chi connectivity index (χ1v) is 5.84. The number of hydrogen-bond acceptors (Lipinski definition) is 4. The van der Waals surface area contributed by atoms with Gasteiger partial charge < -0.3 is 15.0 Å². The number of nitrogens with one attached hydrogen (secondary N) is 2. The second kappa shape index (κ2) is 5.18. The molecule has 0 saturated carbocycles. The number of amides is 1. The van der Waals surface area contributed by atoms with Gasteiger partial charge in [-0.15, -0.1) is 0 Å². The largest absolute Gasteiger partial charge is 0.396 e. The topological polar surface area (TPSA) is 106 Å². The molecule has 1 aromatic rings. The third-order valence-corrected chi connectivity index (χ3v) is 3.16. The zero-order chi connectivity index (χ0) is 13.1. The second-order valence-electron chi connectivity index (χ2n) is 4.40. The SMILES string of the molecule is O=C(c1c[nH]c(=O)[nH]c1=O)N1CCC(CCO)C1. The van der Waals surface area contributed by atoms with E-state index in [0.717, 1.165) is 12.6 Å². The maximum Gasteiger partial charge on any atom is 0.325 e. The summed E-state index contributed by atoms with van der Waals surface area (Å²) in [6, 6.07) is 0. The second-order valence-corrected chi connectivity index (χ2v) is 4.40. The number of nitrogens with zero attached hydrogens (tertiary/aromatic N) is 1. The molecular formula is C11H15N3O4. The van der Waals surface area contributed by atoms with E-state index in [9.17, 15) is 14.4 Å². The van der Waals surface area contributed by atoms with Crippen molar-refractivity contribution in [2.75, 3.05) is 19.7 Å². The summed E-state index contributed by atoms with van der Waals surface area (Å²) >= 11 is 0. The zero-order valence-electron chi connectivity index (χ0n) is 9.81. The molecule has 1 saturated heterocycles. The lowest BCUT2D eigenvalue weighted by Crippen LogP contribution is -2.35. The molecular weight excluding hydrogens is 238 g/mol. The third kappa shape index (κ3) is 2.51. The Kier molecular flexibility index (Phi) is 3.61. The van der Waals surface area contributed by atoms with E-state index in [0.29, 0.717) is 19.5 Å². The minimum atomic E-state index is -0.672. The standard InChI is InChI=1S/C11H15N3O4/c15-4-2-7-1-3-14(6-7)10(17)8-5-12-11(18)13-9(8)16/h5,7,15H,1-4,6H2,(H2,12,13,16,18). The maximum absolute atomic E-state index is 12.1. The van der Waals surface area contributed by atoms with Crippen molar-refractivity contribution in [2.24, 2.45) is 5.92 Å². The molecule has 18 heavy (non-hydrogen) atoms. The summed E-state index contributed by atoms with van der Waals surface area (Å²) < 4.78 is 0. The van der Waals surface area contributed by atoms with Crippen molar-refractivity contribution in [3.05, 3.63) is 32.6 Å². The van der Waals surface area contributed by atoms with Gasteiger partial charge in [0.15, 0.2) is 0 Å². The highest BCUT2D eigenvalue weighted by Gasteiger charge is 2.27. The van der Waals surface area contributed by atoms with E-state index >= 15 is 0 Å². The molecule has 7 heteroatoms. The predicted molar refractivity (Wildman–Crippen MR) is 63.4 cm³/mol. The Bertz CT molecular complexity index is 548. The fraction of sp³-hybridized carbons (Fsp3) is 0.545. The van der Waals surface area contributed by atoms with Gasteiger partial charge in [0.2, 0.25) is 0 Å². The molecule has 1 aliphatic heterocycles. The summed E-state index contributed by atoms with van der Waals surface area (Å²) in [6.07, 6.45) is 2.63. The lowest BCUT2D eigenvalue weighted by molar-refractivity contribution is 0.0782. The molecule has 0 bridgehead atoms. The molecule has 1 fully saturated rings. The summed E-state index contributed by atoms with van der Waals surface area (Å²) in [5.74, 6) is -0.103. The number of carbonyl (C=O) groups excluding carboxylic acids is 1. The number of aliphatic hydroxyl groups excluding tert-OH is 1. The minimum Gasteiger partial charge on any atom is -0.396 e. The Hall–Kier alpha value is -1.89. The average Bonchev–Trinajstić information content (AvgIpc) is 2.77. The van der Waals surface area contributed by atoms with E-state index in [1.54, 1.807) is 4.90 Å². The Morgan fingerprint density at radius 1 is 1.50 bits per heavy atom. The molecule has 1 amide bonds. The Morgan fingerprint density at radius 2 is 2.28 bits per heavy atom. The quantitative estimate of drug-likeness (QED) is 0.636. The van der Waals surface area contributed by atoms with Crippen LogP contribution in [-0.4, -0.2) is 45.6 Å². The summed E-state index contributed by atoms with van der Waals surface area (Å²) in [7, 11) is 0. The number of hydrogen-bond donors (Lipinski definition) is 3. The summed E-state index contributed by atoms with van der Waals surface area (Å²) in [5, 5.41) is 8.85. The van der Waals surface area contributed by atoms with Gasteiger partial charge in [0, 0.05) is 25.9 Å². The smallest absolute Gasteiger partial charge is 0.325 e. The number of rotatable bonds is 3. The number of aromatic nitrogens is 2. The van der Waals surface area contributed by atoms with Crippen LogP contribution in [0.15, 0.2) is 15.8 Å². The van der Waals surface area contributed by atoms with E-state index in [1.165, 1.54) is 0 Å². The minimum absolute atomic E-state index is 0.0563. The first-order valence-electron chi connectivity index (χ1n) is 5.84. The number of carbonyl (C=O) groups is 1. The van der Waals surface area contributed by atoms with Crippen LogP contribution in [0, 0.1) is 5.92 Å². The van der Waals surface area contributed by atoms with Gasteiger partial charge in [-0.1, -0.05) is 0 Å². The van der Waals surface area contributed by atoms with Gasteiger partial charge in [-0.25, -0.2) is 4.79 Å². The van der Waals surface area contributed by atoms with E-state index in [4.69, 9.17) is 5.11 Å². The number of likely N-dealkylation sites (tertiary alicyclic amines) is 1. The third-order valence-electron chi connectivity index (χ3n) is 3.16. The summed E-state index contributed by atoms with van der Waals surface area (Å²) in [4.78, 5) is 40.3. The fourth-order valence-corrected chi connectivity index (χ4v) is 2.17. The molecule has 0 aliphatic carbocycles. The van der Waals surface area contributed by atoms with Crippen LogP contribution in [0.3, 0.4) is 0 Å². The van der Waals surface area contributed by atoms with Crippen LogP contribution in [0.5, 0.6) is 0 Å². The lowest BCUT2D eigenvalue weighted by Gasteiger charge is -2.15. The molecule has 2 rings (SSSR count). The molecule has 0 radical (unpaired) electrons. The Morgan fingerprint density at radius 3 is 2.94 bits per heavy atom.